The molecule has 134 valence electrons. The highest BCUT2D eigenvalue weighted by Gasteiger charge is 2.33. The second-order valence-corrected chi connectivity index (χ2v) is 10.3. The van der Waals surface area contributed by atoms with E-state index in [1.54, 1.807) is 4.90 Å². The van der Waals surface area contributed by atoms with Crippen LogP contribution in [-0.2, 0) is 15.7 Å². The first-order valence-corrected chi connectivity index (χ1v) is 9.37. The zero-order valence-corrected chi connectivity index (χ0v) is 16.6. The number of likely N-dealkylation sites (tertiary alicyclic amines) is 1. The number of nitrogens with zero attached hydrogens (tertiary/aromatic N) is 2. The fourth-order valence-electron chi connectivity index (χ4n) is 2.59. The van der Waals surface area contributed by atoms with Crippen LogP contribution < -0.4 is 0 Å². The van der Waals surface area contributed by atoms with Gasteiger partial charge in [-0.2, -0.15) is 4.40 Å². The van der Waals surface area contributed by atoms with E-state index in [9.17, 15) is 9.00 Å². The van der Waals surface area contributed by atoms with Crippen LogP contribution in [0, 0.1) is 11.8 Å². The Morgan fingerprint density at radius 2 is 1.78 bits per heavy atom. The quantitative estimate of drug-likeness (QED) is 0.716. The van der Waals surface area contributed by atoms with Crippen molar-refractivity contribution in [3.8, 4) is 0 Å². The number of piperidine rings is 1. The van der Waals surface area contributed by atoms with Crippen molar-refractivity contribution in [2.24, 2.45) is 16.2 Å². The van der Waals surface area contributed by atoms with Gasteiger partial charge in [-0.05, 0) is 60.8 Å². The van der Waals surface area contributed by atoms with Gasteiger partial charge in [-0.15, -0.1) is 0 Å². The van der Waals surface area contributed by atoms with Crippen molar-refractivity contribution >= 4 is 22.8 Å². The average molecular weight is 345 g/mol. The normalized spacial score (nSPS) is 25.2. The van der Waals surface area contributed by atoms with Crippen LogP contribution in [0.2, 0.25) is 0 Å². The van der Waals surface area contributed by atoms with Crippen LogP contribution in [0.25, 0.3) is 0 Å². The molecule has 0 saturated carbocycles. The van der Waals surface area contributed by atoms with Crippen molar-refractivity contribution in [1.29, 1.82) is 0 Å². The van der Waals surface area contributed by atoms with Gasteiger partial charge in [0.25, 0.3) is 0 Å². The summed E-state index contributed by atoms with van der Waals surface area (Å²) in [5, 5.41) is 0. The number of hydrogen-bond acceptors (Lipinski definition) is 3. The number of carbonyl (C=O) groups excluding carboxylic acids is 1. The lowest BCUT2D eigenvalue weighted by Gasteiger charge is -2.37. The van der Waals surface area contributed by atoms with Gasteiger partial charge in [-0.1, -0.05) is 6.92 Å². The third-order valence-corrected chi connectivity index (χ3v) is 5.35. The summed E-state index contributed by atoms with van der Waals surface area (Å²) < 4.78 is 21.7. The summed E-state index contributed by atoms with van der Waals surface area (Å²) in [5.41, 5.74) is 0.451. The number of rotatable bonds is 2. The highest BCUT2D eigenvalue weighted by Crippen LogP contribution is 2.27. The maximum absolute atomic E-state index is 12.2. The number of amides is 1. The van der Waals surface area contributed by atoms with Gasteiger partial charge in [0, 0.05) is 24.7 Å². The smallest absolute Gasteiger partial charge is 0.410 e. The maximum Gasteiger partial charge on any atom is 0.410 e. The highest BCUT2D eigenvalue weighted by atomic mass is 32.2. The van der Waals surface area contributed by atoms with Crippen LogP contribution in [0.15, 0.2) is 4.40 Å². The number of carbonyl (C=O) groups is 1. The molecule has 0 radical (unpaired) electrons. The van der Waals surface area contributed by atoms with Crippen LogP contribution >= 0.6 is 0 Å². The fourth-order valence-corrected chi connectivity index (χ4v) is 3.26. The molecular weight excluding hydrogens is 312 g/mol. The Labute approximate surface area is 143 Å². The summed E-state index contributed by atoms with van der Waals surface area (Å²) in [5.74, 6) is 0.539. The van der Waals surface area contributed by atoms with E-state index in [1.165, 1.54) is 0 Å². The summed E-state index contributed by atoms with van der Waals surface area (Å²) in [6.07, 6.45) is 0.576. The zero-order valence-electron chi connectivity index (χ0n) is 15.8. The Morgan fingerprint density at radius 1 is 1.22 bits per heavy atom. The van der Waals surface area contributed by atoms with Gasteiger partial charge in [-0.25, -0.2) is 9.00 Å². The third-order valence-electron chi connectivity index (χ3n) is 3.84. The molecule has 1 amide bonds. The van der Waals surface area contributed by atoms with Crippen molar-refractivity contribution in [1.82, 2.24) is 4.90 Å². The van der Waals surface area contributed by atoms with Crippen LogP contribution in [-0.4, -0.2) is 44.4 Å². The van der Waals surface area contributed by atoms with Crippen LogP contribution in [0.4, 0.5) is 4.79 Å². The van der Waals surface area contributed by atoms with Crippen LogP contribution in [0.3, 0.4) is 0 Å². The minimum atomic E-state index is -1.23. The fraction of sp³-hybridized carbons (Fsp3) is 0.882. The molecule has 0 aromatic heterocycles. The van der Waals surface area contributed by atoms with Gasteiger partial charge in [0.2, 0.25) is 0 Å². The second-order valence-electron chi connectivity index (χ2n) is 8.39. The molecule has 1 fully saturated rings. The van der Waals surface area contributed by atoms with Gasteiger partial charge >= 0.3 is 6.09 Å². The van der Waals surface area contributed by atoms with E-state index in [0.29, 0.717) is 13.1 Å². The molecule has 0 spiro atoms. The van der Waals surface area contributed by atoms with E-state index in [4.69, 9.17) is 4.74 Å². The van der Waals surface area contributed by atoms with Crippen molar-refractivity contribution in [3.63, 3.8) is 0 Å². The van der Waals surface area contributed by atoms with E-state index in [2.05, 4.69) is 11.3 Å². The van der Waals surface area contributed by atoms with E-state index >= 15 is 0 Å². The minimum Gasteiger partial charge on any atom is -0.444 e. The van der Waals surface area contributed by atoms with Crippen LogP contribution in [0.1, 0.15) is 61.8 Å². The first-order chi connectivity index (χ1) is 10.3. The van der Waals surface area contributed by atoms with Crippen molar-refractivity contribution in [3.05, 3.63) is 0 Å². The highest BCUT2D eigenvalue weighted by molar-refractivity contribution is 7.85. The minimum absolute atomic E-state index is 0.254. The average Bonchev–Trinajstić information content (AvgIpc) is 2.34. The van der Waals surface area contributed by atoms with Crippen LogP contribution in [0.5, 0.6) is 0 Å². The zero-order chi connectivity index (χ0) is 18.0. The molecule has 5 nitrogen and oxygen atoms in total. The molecule has 0 aliphatic carbocycles. The number of hydrogen-bond donors (Lipinski definition) is 0. The summed E-state index contributed by atoms with van der Waals surface area (Å²) in [6.45, 7) is 16.8. The van der Waals surface area contributed by atoms with Gasteiger partial charge in [0.1, 0.15) is 16.6 Å². The monoisotopic (exact) mass is 344 g/mol. The SMILES string of the molecule is C/C(=N\[S@@](=O)C(C)(C)C)[C@@H]1CCN(C(=O)OC(C)(C)C)C[C@@H]1C. The predicted molar refractivity (Wildman–Crippen MR) is 96.1 cm³/mol. The van der Waals surface area contributed by atoms with E-state index in [1.807, 2.05) is 48.5 Å². The van der Waals surface area contributed by atoms with E-state index < -0.39 is 16.6 Å². The Kier molecular flexibility index (Phi) is 6.41. The van der Waals surface area contributed by atoms with E-state index in [-0.39, 0.29) is 22.7 Å². The second kappa shape index (κ2) is 7.32. The van der Waals surface area contributed by atoms with Gasteiger partial charge in [-0.3, -0.25) is 0 Å². The lowest BCUT2D eigenvalue weighted by Crippen LogP contribution is -2.46. The van der Waals surface area contributed by atoms with Gasteiger partial charge < -0.3 is 9.64 Å². The van der Waals surface area contributed by atoms with Crippen molar-refractivity contribution < 1.29 is 13.7 Å². The first-order valence-electron chi connectivity index (χ1n) is 8.26. The molecule has 1 rings (SSSR count). The molecule has 1 aliphatic heterocycles. The van der Waals surface area contributed by atoms with Gasteiger partial charge in [0.05, 0.1) is 4.75 Å². The molecule has 0 aromatic carbocycles. The Bertz CT molecular complexity index is 489. The number of ether oxygens (including phenoxy) is 1. The molecule has 1 saturated heterocycles. The third kappa shape index (κ3) is 6.24. The largest absolute Gasteiger partial charge is 0.444 e. The lowest BCUT2D eigenvalue weighted by atomic mass is 9.84. The Balaban J connectivity index is 2.71. The van der Waals surface area contributed by atoms with Crippen molar-refractivity contribution in [2.75, 3.05) is 13.1 Å². The maximum atomic E-state index is 12.2. The summed E-state index contributed by atoms with van der Waals surface area (Å²) in [6, 6.07) is 0. The standard InChI is InChI=1S/C17H32N2O3S/c1-12-11-19(15(20)22-16(3,4)5)10-9-14(12)13(2)18-23(21)17(6,7)8/h12,14H,9-11H2,1-8H3/b18-13+/t12-,14+,23-/m0/s1. The molecule has 0 bridgehead atoms. The molecule has 0 aromatic rings. The molecule has 0 N–H and O–H groups in total. The molecule has 0 unspecified atom stereocenters. The lowest BCUT2D eigenvalue weighted by molar-refractivity contribution is 0.0149. The summed E-state index contributed by atoms with van der Waals surface area (Å²) in [4.78, 5) is 13.9. The summed E-state index contributed by atoms with van der Waals surface area (Å²) in [7, 11) is -1.23. The molecule has 23 heavy (non-hydrogen) atoms. The van der Waals surface area contributed by atoms with Gasteiger partial charge in [0.15, 0.2) is 0 Å². The predicted octanol–water partition coefficient (Wildman–Crippen LogP) is 3.80. The first kappa shape index (κ1) is 20.1. The summed E-state index contributed by atoms with van der Waals surface area (Å²) >= 11 is 0. The Hall–Kier alpha value is -0.910. The van der Waals surface area contributed by atoms with E-state index in [0.717, 1.165) is 12.1 Å². The molecular formula is C17H32N2O3S. The molecule has 1 aliphatic rings. The topological polar surface area (TPSA) is 59.0 Å². The molecule has 6 heteroatoms. The molecule has 1 heterocycles. The van der Waals surface area contributed by atoms with Crippen molar-refractivity contribution in [2.45, 2.75) is 72.2 Å². The molecule has 3 atom stereocenters. The Morgan fingerprint density at radius 3 is 2.22 bits per heavy atom.